The summed E-state index contributed by atoms with van der Waals surface area (Å²) < 4.78 is 52.3. The maximum absolute atomic E-state index is 12.7. The van der Waals surface area contributed by atoms with Gasteiger partial charge in [0, 0.05) is 36.2 Å². The number of pyridine rings is 1. The molecule has 3 aromatic rings. The number of hydrogen-bond donors (Lipinski definition) is 2. The summed E-state index contributed by atoms with van der Waals surface area (Å²) in [6.07, 6.45) is 2.71. The van der Waals surface area contributed by atoms with Crippen LogP contribution in [0.5, 0.6) is 0 Å². The van der Waals surface area contributed by atoms with E-state index in [9.17, 15) is 22.0 Å². The zero-order valence-corrected chi connectivity index (χ0v) is 22.9. The number of halogens is 2. The predicted octanol–water partition coefficient (Wildman–Crippen LogP) is 4.27. The molecule has 184 valence electrons. The minimum Gasteiger partial charge on any atom is -0.437 e. The summed E-state index contributed by atoms with van der Waals surface area (Å²) in [6.45, 7) is 0.189. The number of sulfone groups is 1. The SMILES string of the molecule is CNC(=O)c1c(-c2ccc(Cl)cc2)oc2nc(N(CCCCCS(C)(=O)=O)S(=O)O)c(I)cc12. The van der Waals surface area contributed by atoms with Crippen LogP contribution in [0.1, 0.15) is 29.6 Å². The van der Waals surface area contributed by atoms with Crippen LogP contribution < -0.4 is 9.62 Å². The molecular formula is C21H23ClIN3O6S2. The van der Waals surface area contributed by atoms with Crippen molar-refractivity contribution >= 4 is 78.1 Å². The van der Waals surface area contributed by atoms with Crippen molar-refractivity contribution in [3.05, 3.63) is 44.5 Å². The van der Waals surface area contributed by atoms with E-state index >= 15 is 0 Å². The van der Waals surface area contributed by atoms with E-state index in [1.807, 2.05) is 22.6 Å². The molecule has 34 heavy (non-hydrogen) atoms. The Labute approximate surface area is 218 Å². The highest BCUT2D eigenvalue weighted by Crippen LogP contribution is 2.36. The molecule has 1 aromatic carbocycles. The monoisotopic (exact) mass is 639 g/mol. The molecule has 2 N–H and O–H groups in total. The molecule has 13 heteroatoms. The number of carbonyl (C=O) groups excluding carboxylic acids is 1. The Balaban J connectivity index is 1.98. The minimum atomic E-state index is -3.05. The van der Waals surface area contributed by atoms with E-state index in [0.29, 0.717) is 50.1 Å². The fourth-order valence-electron chi connectivity index (χ4n) is 3.37. The smallest absolute Gasteiger partial charge is 0.263 e. The van der Waals surface area contributed by atoms with Gasteiger partial charge in [-0.3, -0.25) is 13.7 Å². The van der Waals surface area contributed by atoms with E-state index in [4.69, 9.17) is 16.0 Å². The first-order valence-corrected chi connectivity index (χ1v) is 14.8. The van der Waals surface area contributed by atoms with Crippen LogP contribution in [0.2, 0.25) is 5.02 Å². The van der Waals surface area contributed by atoms with Gasteiger partial charge in [0.25, 0.3) is 17.2 Å². The number of benzene rings is 1. The topological polar surface area (TPSA) is 130 Å². The van der Waals surface area contributed by atoms with Gasteiger partial charge in [0.05, 0.1) is 14.5 Å². The van der Waals surface area contributed by atoms with Crippen LogP contribution in [-0.4, -0.2) is 53.7 Å². The Hall–Kier alpha value is -1.74. The molecule has 1 amide bonds. The van der Waals surface area contributed by atoms with Crippen molar-refractivity contribution in [2.45, 2.75) is 19.3 Å². The van der Waals surface area contributed by atoms with Crippen molar-refractivity contribution in [2.75, 3.05) is 29.9 Å². The highest BCUT2D eigenvalue weighted by molar-refractivity contribution is 14.1. The third-order valence-electron chi connectivity index (χ3n) is 4.98. The predicted molar refractivity (Wildman–Crippen MR) is 142 cm³/mol. The molecule has 0 fully saturated rings. The summed E-state index contributed by atoms with van der Waals surface area (Å²) in [5, 5.41) is 3.61. The summed E-state index contributed by atoms with van der Waals surface area (Å²) in [5.41, 5.74) is 1.08. The molecule has 0 saturated heterocycles. The van der Waals surface area contributed by atoms with E-state index in [2.05, 4.69) is 10.3 Å². The molecule has 0 aliphatic rings. The molecule has 0 aliphatic carbocycles. The van der Waals surface area contributed by atoms with Gasteiger partial charge in [-0.1, -0.05) is 18.0 Å². The van der Waals surface area contributed by atoms with Gasteiger partial charge >= 0.3 is 0 Å². The van der Waals surface area contributed by atoms with Crippen LogP contribution in [0.25, 0.3) is 22.4 Å². The van der Waals surface area contributed by atoms with Crippen molar-refractivity contribution < 1.29 is 26.4 Å². The fraction of sp³-hybridized carbons (Fsp3) is 0.333. The lowest BCUT2D eigenvalue weighted by Crippen LogP contribution is -2.28. The lowest BCUT2D eigenvalue weighted by atomic mass is 10.1. The molecule has 0 aliphatic heterocycles. The van der Waals surface area contributed by atoms with Gasteiger partial charge in [-0.2, -0.15) is 4.98 Å². The van der Waals surface area contributed by atoms with Crippen molar-refractivity contribution in [1.82, 2.24) is 10.3 Å². The standard InChI is InChI=1S/C21H23ClIN3O6S2/c1-24-20(27)17-15-12-16(23)19(26(33(28)29)10-4-3-5-11-34(2,30)31)25-21(15)32-18(17)13-6-8-14(22)9-7-13/h6-9,12H,3-5,10-11H2,1-2H3,(H,24,27)(H,28,29). The lowest BCUT2D eigenvalue weighted by Gasteiger charge is -2.20. The van der Waals surface area contributed by atoms with Crippen LogP contribution in [0.3, 0.4) is 0 Å². The number of amides is 1. The Morgan fingerprint density at radius 2 is 1.94 bits per heavy atom. The van der Waals surface area contributed by atoms with Gasteiger partial charge in [0.1, 0.15) is 15.6 Å². The summed E-state index contributed by atoms with van der Waals surface area (Å²) in [7, 11) is -1.54. The molecule has 0 bridgehead atoms. The van der Waals surface area contributed by atoms with Crippen molar-refractivity contribution in [2.24, 2.45) is 0 Å². The number of rotatable bonds is 10. The first-order valence-electron chi connectivity index (χ1n) is 10.2. The first-order chi connectivity index (χ1) is 16.0. The minimum absolute atomic E-state index is 0.0685. The van der Waals surface area contributed by atoms with Gasteiger partial charge in [-0.05, 0) is 65.8 Å². The van der Waals surface area contributed by atoms with E-state index in [0.717, 1.165) is 0 Å². The Morgan fingerprint density at radius 3 is 2.53 bits per heavy atom. The maximum atomic E-state index is 12.7. The van der Waals surface area contributed by atoms with Crippen LogP contribution in [-0.2, 0) is 21.1 Å². The molecule has 2 aromatic heterocycles. The van der Waals surface area contributed by atoms with Gasteiger partial charge in [0.15, 0.2) is 5.82 Å². The summed E-state index contributed by atoms with van der Waals surface area (Å²) in [6, 6.07) is 8.50. The van der Waals surface area contributed by atoms with Crippen LogP contribution in [0, 0.1) is 3.57 Å². The molecule has 9 nitrogen and oxygen atoms in total. The number of furan rings is 1. The molecule has 0 spiro atoms. The number of aromatic nitrogens is 1. The Bertz CT molecular complexity index is 1330. The molecule has 2 heterocycles. The van der Waals surface area contributed by atoms with Crippen LogP contribution in [0.4, 0.5) is 5.82 Å². The van der Waals surface area contributed by atoms with E-state index in [1.54, 1.807) is 30.3 Å². The lowest BCUT2D eigenvalue weighted by molar-refractivity contribution is 0.0964. The van der Waals surface area contributed by atoms with Crippen LogP contribution >= 0.6 is 34.2 Å². The number of carbonyl (C=O) groups is 1. The van der Waals surface area contributed by atoms with Crippen LogP contribution in [0.15, 0.2) is 34.7 Å². The second-order valence-corrected chi connectivity index (χ2v) is 12.3. The first kappa shape index (κ1) is 26.9. The van der Waals surface area contributed by atoms with Gasteiger partial charge in [-0.25, -0.2) is 12.6 Å². The third kappa shape index (κ3) is 6.47. The summed E-state index contributed by atoms with van der Waals surface area (Å²) >= 11 is 5.62. The van der Waals surface area contributed by atoms with Crippen molar-refractivity contribution in [1.29, 1.82) is 0 Å². The van der Waals surface area contributed by atoms with Gasteiger partial charge in [0.2, 0.25) is 5.71 Å². The average Bonchev–Trinajstić information content (AvgIpc) is 3.13. The molecular weight excluding hydrogens is 617 g/mol. The number of nitrogens with zero attached hydrogens (tertiary/aromatic N) is 2. The van der Waals surface area contributed by atoms with Crippen molar-refractivity contribution in [3.8, 4) is 11.3 Å². The quantitative estimate of drug-likeness (QED) is 0.193. The largest absolute Gasteiger partial charge is 0.437 e. The Morgan fingerprint density at radius 1 is 1.26 bits per heavy atom. The number of anilines is 1. The highest BCUT2D eigenvalue weighted by Gasteiger charge is 2.26. The van der Waals surface area contributed by atoms with Gasteiger partial charge in [-0.15, -0.1) is 0 Å². The second-order valence-electron chi connectivity index (χ2n) is 7.56. The van der Waals surface area contributed by atoms with E-state index < -0.39 is 21.1 Å². The molecule has 1 atom stereocenters. The number of hydrogen-bond acceptors (Lipinski definition) is 6. The highest BCUT2D eigenvalue weighted by atomic mass is 127. The normalized spacial score (nSPS) is 12.6. The average molecular weight is 640 g/mol. The molecule has 3 rings (SSSR count). The zero-order valence-electron chi connectivity index (χ0n) is 18.4. The molecule has 0 saturated carbocycles. The molecule has 1 unspecified atom stereocenters. The number of unbranched alkanes of at least 4 members (excludes halogenated alkanes) is 2. The number of fused-ring (bicyclic) bond motifs is 1. The Kier molecular flexibility index (Phi) is 8.95. The zero-order chi connectivity index (χ0) is 25.0. The maximum Gasteiger partial charge on any atom is 0.263 e. The van der Waals surface area contributed by atoms with E-state index in [1.165, 1.54) is 17.6 Å². The third-order valence-corrected chi connectivity index (χ3v) is 7.79. The fourth-order valence-corrected chi connectivity index (χ4v) is 5.69. The van der Waals surface area contributed by atoms with Crippen molar-refractivity contribution in [3.63, 3.8) is 0 Å². The molecule has 0 radical (unpaired) electrons. The summed E-state index contributed by atoms with van der Waals surface area (Å²) in [5.74, 6) is 0.252. The second kappa shape index (κ2) is 11.3. The number of nitrogens with one attached hydrogen (secondary N) is 1. The summed E-state index contributed by atoms with van der Waals surface area (Å²) in [4.78, 5) is 17.2. The van der Waals surface area contributed by atoms with Gasteiger partial charge < -0.3 is 9.73 Å². The van der Waals surface area contributed by atoms with E-state index in [-0.39, 0.29) is 29.7 Å².